The lowest BCUT2D eigenvalue weighted by molar-refractivity contribution is -0.199. The molecule has 0 saturated carbocycles. The molecule has 0 fully saturated rings. The first kappa shape index (κ1) is 19.5. The fraction of sp³-hybridized carbons (Fsp3) is 0.150. The number of pyridine rings is 1. The molecule has 0 saturated heterocycles. The molecule has 0 unspecified atom stereocenters. The summed E-state index contributed by atoms with van der Waals surface area (Å²) in [5, 5.41) is 12.7. The molecule has 0 atom stereocenters. The summed E-state index contributed by atoms with van der Waals surface area (Å²) in [5.41, 5.74) is 1.46. The van der Waals surface area contributed by atoms with Crippen molar-refractivity contribution in [1.29, 1.82) is 0 Å². The third-order valence-electron chi connectivity index (χ3n) is 4.59. The van der Waals surface area contributed by atoms with Gasteiger partial charge in [0.25, 0.3) is 5.91 Å². The Morgan fingerprint density at radius 2 is 1.93 bits per heavy atom. The van der Waals surface area contributed by atoms with E-state index in [2.05, 4.69) is 15.1 Å². The quantitative estimate of drug-likeness (QED) is 0.684. The molecule has 2 aromatic heterocycles. The van der Waals surface area contributed by atoms with Gasteiger partial charge in [0.15, 0.2) is 0 Å². The molecule has 0 aliphatic carbocycles. The average Bonchev–Trinajstić information content (AvgIpc) is 3.08. The Bertz CT molecular complexity index is 1150. The summed E-state index contributed by atoms with van der Waals surface area (Å²) in [6.45, 7) is 0.193. The molecule has 3 heterocycles. The van der Waals surface area contributed by atoms with Gasteiger partial charge in [-0.25, -0.2) is 4.79 Å². The number of nitrogens with one attached hydrogen (secondary N) is 1. The largest absolute Gasteiger partial charge is 0.507 e. The summed E-state index contributed by atoms with van der Waals surface area (Å²) in [6.07, 6.45) is -3.62. The Hall–Kier alpha value is -3.82. The van der Waals surface area contributed by atoms with Gasteiger partial charge in [0.2, 0.25) is 0 Å². The first-order valence-corrected chi connectivity index (χ1v) is 8.83. The molecule has 1 aliphatic heterocycles. The fourth-order valence-electron chi connectivity index (χ4n) is 3.22. The third kappa shape index (κ3) is 3.47. The lowest BCUT2D eigenvalue weighted by Gasteiger charge is -2.17. The number of benzene rings is 1. The molecule has 30 heavy (non-hydrogen) atoms. The number of amides is 1. The number of nitrogens with zero attached hydrogens (tertiary/aromatic N) is 2. The van der Waals surface area contributed by atoms with Gasteiger partial charge >= 0.3 is 12.1 Å². The zero-order chi connectivity index (χ0) is 21.5. The first-order chi connectivity index (χ1) is 14.3. The van der Waals surface area contributed by atoms with E-state index in [1.165, 1.54) is 30.5 Å². The van der Waals surface area contributed by atoms with Crippen LogP contribution in [0.2, 0.25) is 0 Å². The number of fused-ring (bicyclic) bond motifs is 1. The standard InChI is InChI=1S/C20H14F3N3O4/c21-20(22,23)19(29)30-26-15-6-8-25-18(28)13(15)10-16(26)11-5-7-24-14(9-11)12-3-1-2-4-17(12)27/h1-5,7,9-10,27H,6,8H2,(H,25,28). The van der Waals surface area contributed by atoms with Crippen molar-refractivity contribution in [1.82, 2.24) is 15.0 Å². The van der Waals surface area contributed by atoms with E-state index in [1.807, 2.05) is 0 Å². The van der Waals surface area contributed by atoms with Gasteiger partial charge in [-0.15, -0.1) is 0 Å². The number of phenols is 1. The van der Waals surface area contributed by atoms with Crippen molar-refractivity contribution in [2.45, 2.75) is 12.6 Å². The summed E-state index contributed by atoms with van der Waals surface area (Å²) in [6, 6.07) is 10.8. The average molecular weight is 417 g/mol. The molecule has 10 heteroatoms. The van der Waals surface area contributed by atoms with Crippen molar-refractivity contribution in [2.24, 2.45) is 0 Å². The van der Waals surface area contributed by atoms with Crippen LogP contribution in [-0.4, -0.2) is 39.4 Å². The molecule has 1 aromatic carbocycles. The Kier molecular flexibility index (Phi) is 4.69. The van der Waals surface area contributed by atoms with Gasteiger partial charge in [-0.2, -0.15) is 17.9 Å². The Balaban J connectivity index is 1.85. The molecular formula is C20H14F3N3O4. The molecule has 0 spiro atoms. The summed E-state index contributed by atoms with van der Waals surface area (Å²) in [7, 11) is 0. The van der Waals surface area contributed by atoms with Crippen LogP contribution in [0.5, 0.6) is 5.75 Å². The predicted molar refractivity (Wildman–Crippen MR) is 98.4 cm³/mol. The van der Waals surface area contributed by atoms with Gasteiger partial charge in [0, 0.05) is 30.3 Å². The van der Waals surface area contributed by atoms with Crippen molar-refractivity contribution in [3.63, 3.8) is 0 Å². The number of carbonyl (C=O) groups is 2. The Morgan fingerprint density at radius 3 is 2.67 bits per heavy atom. The number of aromatic nitrogens is 2. The highest BCUT2D eigenvalue weighted by molar-refractivity contribution is 5.98. The maximum absolute atomic E-state index is 12.8. The number of carbonyl (C=O) groups excluding carboxylic acids is 2. The van der Waals surface area contributed by atoms with E-state index >= 15 is 0 Å². The molecule has 2 N–H and O–H groups in total. The molecule has 154 valence electrons. The van der Waals surface area contributed by atoms with E-state index in [9.17, 15) is 27.9 Å². The Morgan fingerprint density at radius 1 is 1.17 bits per heavy atom. The van der Waals surface area contributed by atoms with Crippen LogP contribution in [0.3, 0.4) is 0 Å². The lowest BCUT2D eigenvalue weighted by Crippen LogP contribution is -2.37. The number of aromatic hydroxyl groups is 1. The molecule has 1 aliphatic rings. The lowest BCUT2D eigenvalue weighted by atomic mass is 10.1. The smallest absolute Gasteiger partial charge is 0.493 e. The second-order valence-corrected chi connectivity index (χ2v) is 6.51. The van der Waals surface area contributed by atoms with Gasteiger partial charge in [-0.3, -0.25) is 9.78 Å². The van der Waals surface area contributed by atoms with Crippen LogP contribution in [0.15, 0.2) is 48.7 Å². The second kappa shape index (κ2) is 7.21. The third-order valence-corrected chi connectivity index (χ3v) is 4.59. The van der Waals surface area contributed by atoms with Crippen LogP contribution < -0.4 is 10.2 Å². The number of halogens is 3. The number of hydrogen-bond donors (Lipinski definition) is 2. The van der Waals surface area contributed by atoms with E-state index < -0.39 is 18.1 Å². The minimum Gasteiger partial charge on any atom is -0.507 e. The molecular weight excluding hydrogens is 403 g/mol. The van der Waals surface area contributed by atoms with Crippen LogP contribution in [0.25, 0.3) is 22.5 Å². The number of para-hydroxylation sites is 1. The van der Waals surface area contributed by atoms with Crippen molar-refractivity contribution in [3.05, 3.63) is 59.9 Å². The normalized spacial score (nSPS) is 13.5. The summed E-state index contributed by atoms with van der Waals surface area (Å²) < 4.78 is 39.2. The zero-order valence-corrected chi connectivity index (χ0v) is 15.2. The Labute approximate surface area is 167 Å². The summed E-state index contributed by atoms with van der Waals surface area (Å²) in [5.74, 6) is -2.91. The van der Waals surface area contributed by atoms with E-state index in [4.69, 9.17) is 0 Å². The molecule has 4 rings (SSSR count). The van der Waals surface area contributed by atoms with Crippen LogP contribution in [0.4, 0.5) is 13.2 Å². The topological polar surface area (TPSA) is 93.5 Å². The van der Waals surface area contributed by atoms with Crippen LogP contribution >= 0.6 is 0 Å². The number of phenolic OH excluding ortho intramolecular Hbond substituents is 1. The SMILES string of the molecule is O=C1NCCc2c1cc(-c1ccnc(-c3ccccc3O)c1)n2OC(=O)C(F)(F)F. The zero-order valence-electron chi connectivity index (χ0n) is 15.2. The fourth-order valence-corrected chi connectivity index (χ4v) is 3.22. The van der Waals surface area contributed by atoms with Crippen LogP contribution in [-0.2, 0) is 11.2 Å². The number of hydrogen-bond acceptors (Lipinski definition) is 5. The van der Waals surface area contributed by atoms with Crippen LogP contribution in [0.1, 0.15) is 16.1 Å². The van der Waals surface area contributed by atoms with Gasteiger partial charge in [-0.05, 0) is 30.3 Å². The molecule has 7 nitrogen and oxygen atoms in total. The van der Waals surface area contributed by atoms with Gasteiger partial charge in [0.1, 0.15) is 5.75 Å². The highest BCUT2D eigenvalue weighted by Gasteiger charge is 2.43. The van der Waals surface area contributed by atoms with Gasteiger partial charge in [-0.1, -0.05) is 12.1 Å². The van der Waals surface area contributed by atoms with Crippen molar-refractivity contribution < 1.29 is 32.7 Å². The molecule has 0 radical (unpaired) electrons. The monoisotopic (exact) mass is 417 g/mol. The van der Waals surface area contributed by atoms with E-state index in [1.54, 1.807) is 18.2 Å². The molecule has 0 bridgehead atoms. The van der Waals surface area contributed by atoms with E-state index in [0.717, 1.165) is 4.73 Å². The number of alkyl halides is 3. The van der Waals surface area contributed by atoms with Gasteiger partial charge in [0.05, 0.1) is 22.6 Å². The minimum atomic E-state index is -5.20. The highest BCUT2D eigenvalue weighted by Crippen LogP contribution is 2.32. The highest BCUT2D eigenvalue weighted by atomic mass is 19.4. The predicted octanol–water partition coefficient (Wildman–Crippen LogP) is 2.73. The number of rotatable bonds is 3. The van der Waals surface area contributed by atoms with E-state index in [-0.39, 0.29) is 35.7 Å². The molecule has 1 amide bonds. The summed E-state index contributed by atoms with van der Waals surface area (Å²) >= 11 is 0. The van der Waals surface area contributed by atoms with E-state index in [0.29, 0.717) is 16.8 Å². The van der Waals surface area contributed by atoms with Gasteiger partial charge < -0.3 is 15.3 Å². The first-order valence-electron chi connectivity index (χ1n) is 8.83. The maximum Gasteiger partial charge on any atom is 0.493 e. The maximum atomic E-state index is 12.8. The molecule has 3 aromatic rings. The van der Waals surface area contributed by atoms with Crippen molar-refractivity contribution >= 4 is 11.9 Å². The second-order valence-electron chi connectivity index (χ2n) is 6.51. The van der Waals surface area contributed by atoms with Crippen LogP contribution in [0, 0.1) is 0 Å². The minimum absolute atomic E-state index is 0.0281. The van der Waals surface area contributed by atoms with Crippen molar-refractivity contribution in [2.75, 3.05) is 6.54 Å². The van der Waals surface area contributed by atoms with Crippen molar-refractivity contribution in [3.8, 4) is 28.3 Å². The summed E-state index contributed by atoms with van der Waals surface area (Å²) in [4.78, 5) is 32.5.